The molecular formula is C16H12N4O4. The molecule has 1 heterocycles. The van der Waals surface area contributed by atoms with Crippen molar-refractivity contribution in [1.82, 2.24) is 9.78 Å². The molecule has 0 aliphatic heterocycles. The molecule has 3 aromatic rings. The molecule has 0 aliphatic rings. The van der Waals surface area contributed by atoms with E-state index in [9.17, 15) is 20.0 Å². The molecule has 0 radical (unpaired) electrons. The Hall–Kier alpha value is -3.68. The summed E-state index contributed by atoms with van der Waals surface area (Å²) in [4.78, 5) is 27.0. The number of aromatic amines is 1. The second-order valence-corrected chi connectivity index (χ2v) is 4.85. The quantitative estimate of drug-likeness (QED) is 0.436. The van der Waals surface area contributed by atoms with Gasteiger partial charge in [0, 0.05) is 6.21 Å². The highest BCUT2D eigenvalue weighted by molar-refractivity contribution is 5.86. The smallest absolute Gasteiger partial charge is 0.354 e. The summed E-state index contributed by atoms with van der Waals surface area (Å²) in [6, 6.07) is 14.7. The summed E-state index contributed by atoms with van der Waals surface area (Å²) in [6.45, 7) is 0. The Balaban J connectivity index is 2.11. The van der Waals surface area contributed by atoms with Crippen LogP contribution in [0.15, 0.2) is 64.4 Å². The van der Waals surface area contributed by atoms with Crippen LogP contribution in [-0.4, -0.2) is 26.0 Å². The minimum Gasteiger partial charge on any atom is -0.506 e. The molecule has 0 amide bonds. The van der Waals surface area contributed by atoms with Gasteiger partial charge in [-0.05, 0) is 29.2 Å². The number of para-hydroxylation sites is 3. The van der Waals surface area contributed by atoms with Crippen LogP contribution in [0.1, 0.15) is 5.56 Å². The Kier molecular flexibility index (Phi) is 3.94. The summed E-state index contributed by atoms with van der Waals surface area (Å²) in [6.07, 6.45) is 1.07. The molecule has 3 rings (SSSR count). The Morgan fingerprint density at radius 3 is 2.46 bits per heavy atom. The number of hydrogen-bond donors (Lipinski definition) is 2. The van der Waals surface area contributed by atoms with Crippen molar-refractivity contribution >= 4 is 17.7 Å². The number of aromatic hydroxyl groups is 1. The van der Waals surface area contributed by atoms with E-state index in [-0.39, 0.29) is 17.0 Å². The van der Waals surface area contributed by atoms with E-state index in [0.29, 0.717) is 5.69 Å². The van der Waals surface area contributed by atoms with Crippen LogP contribution < -0.4 is 5.56 Å². The zero-order valence-electron chi connectivity index (χ0n) is 12.3. The Morgan fingerprint density at radius 2 is 1.79 bits per heavy atom. The lowest BCUT2D eigenvalue weighted by Gasteiger charge is -1.96. The van der Waals surface area contributed by atoms with Gasteiger partial charge in [0.05, 0.1) is 5.69 Å². The molecule has 8 nitrogen and oxygen atoms in total. The van der Waals surface area contributed by atoms with Crippen LogP contribution in [0, 0.1) is 10.1 Å². The standard InChI is InChI=1S/C16H12N4O4/c21-14-9-5-4-8-13(14)17-10-12-15(20(23)24)18-19(16(12)22)11-6-2-1-3-7-11/h1-10,18,21H. The van der Waals surface area contributed by atoms with Gasteiger partial charge in [-0.2, -0.15) is 5.10 Å². The van der Waals surface area contributed by atoms with E-state index in [2.05, 4.69) is 10.1 Å². The molecule has 0 atom stereocenters. The van der Waals surface area contributed by atoms with Crippen LogP contribution in [0.5, 0.6) is 5.75 Å². The van der Waals surface area contributed by atoms with Crippen LogP contribution >= 0.6 is 0 Å². The van der Waals surface area contributed by atoms with E-state index in [1.54, 1.807) is 42.5 Å². The fraction of sp³-hybridized carbons (Fsp3) is 0. The molecule has 1 aromatic heterocycles. The van der Waals surface area contributed by atoms with Gasteiger partial charge in [-0.15, -0.1) is 4.68 Å². The number of aliphatic imine (C=N–C) groups is 1. The number of aromatic nitrogens is 2. The van der Waals surface area contributed by atoms with E-state index in [1.165, 1.54) is 12.1 Å². The third-order valence-electron chi connectivity index (χ3n) is 3.32. The third kappa shape index (κ3) is 2.80. The average molecular weight is 324 g/mol. The van der Waals surface area contributed by atoms with Gasteiger partial charge >= 0.3 is 11.4 Å². The van der Waals surface area contributed by atoms with Crippen LogP contribution in [0.2, 0.25) is 0 Å². The number of benzene rings is 2. The van der Waals surface area contributed by atoms with Gasteiger partial charge in [0.1, 0.15) is 11.4 Å². The summed E-state index contributed by atoms with van der Waals surface area (Å²) >= 11 is 0. The number of nitro groups is 1. The molecule has 2 aromatic carbocycles. The molecular weight excluding hydrogens is 312 g/mol. The van der Waals surface area contributed by atoms with Crippen molar-refractivity contribution in [1.29, 1.82) is 0 Å². The van der Waals surface area contributed by atoms with Crippen molar-refractivity contribution in [2.24, 2.45) is 4.99 Å². The van der Waals surface area contributed by atoms with Crippen LogP contribution in [0.4, 0.5) is 11.5 Å². The topological polar surface area (TPSA) is 114 Å². The number of rotatable bonds is 4. The fourth-order valence-corrected chi connectivity index (χ4v) is 2.16. The zero-order valence-corrected chi connectivity index (χ0v) is 12.3. The minimum atomic E-state index is -0.687. The first-order valence-corrected chi connectivity index (χ1v) is 6.95. The fourth-order valence-electron chi connectivity index (χ4n) is 2.16. The van der Waals surface area contributed by atoms with E-state index in [0.717, 1.165) is 10.9 Å². The van der Waals surface area contributed by atoms with Crippen molar-refractivity contribution < 1.29 is 10.0 Å². The van der Waals surface area contributed by atoms with E-state index in [1.807, 2.05) is 0 Å². The van der Waals surface area contributed by atoms with E-state index in [4.69, 9.17) is 0 Å². The predicted octanol–water partition coefficient (Wildman–Crippen LogP) is 2.53. The Morgan fingerprint density at radius 1 is 1.12 bits per heavy atom. The van der Waals surface area contributed by atoms with Crippen molar-refractivity contribution in [2.45, 2.75) is 0 Å². The second kappa shape index (κ2) is 6.21. The molecule has 0 bridgehead atoms. The molecule has 120 valence electrons. The summed E-state index contributed by atoms with van der Waals surface area (Å²) in [5.74, 6) is -0.557. The summed E-state index contributed by atoms with van der Waals surface area (Å²) in [7, 11) is 0. The Labute approximate surface area is 135 Å². The molecule has 24 heavy (non-hydrogen) atoms. The lowest BCUT2D eigenvalue weighted by Crippen LogP contribution is -2.17. The Bertz CT molecular complexity index is 973. The number of phenols is 1. The van der Waals surface area contributed by atoms with Gasteiger partial charge in [-0.25, -0.2) is 0 Å². The molecule has 0 saturated heterocycles. The number of nitrogens with one attached hydrogen (secondary N) is 1. The minimum absolute atomic E-state index is 0.0877. The summed E-state index contributed by atoms with van der Waals surface area (Å²) in [5, 5.41) is 23.4. The first-order valence-electron chi connectivity index (χ1n) is 6.95. The van der Waals surface area contributed by atoms with Crippen LogP contribution in [0.3, 0.4) is 0 Å². The van der Waals surface area contributed by atoms with Gasteiger partial charge < -0.3 is 15.2 Å². The average Bonchev–Trinajstić information content (AvgIpc) is 2.92. The lowest BCUT2D eigenvalue weighted by molar-refractivity contribution is -0.389. The molecule has 2 N–H and O–H groups in total. The SMILES string of the molecule is O=c1c(C=Nc2ccccc2O)c([N+](=O)[O-])[nH]n1-c1ccccc1. The first-order chi connectivity index (χ1) is 11.6. The maximum atomic E-state index is 12.5. The van der Waals surface area contributed by atoms with Gasteiger partial charge in [-0.1, -0.05) is 30.3 Å². The van der Waals surface area contributed by atoms with Gasteiger partial charge in [0.25, 0.3) is 0 Å². The van der Waals surface area contributed by atoms with Gasteiger partial charge in [0.2, 0.25) is 0 Å². The van der Waals surface area contributed by atoms with Gasteiger partial charge in [0.15, 0.2) is 5.56 Å². The predicted molar refractivity (Wildman–Crippen MR) is 88.4 cm³/mol. The third-order valence-corrected chi connectivity index (χ3v) is 3.32. The number of hydrogen-bond acceptors (Lipinski definition) is 5. The highest BCUT2D eigenvalue weighted by Gasteiger charge is 2.22. The monoisotopic (exact) mass is 324 g/mol. The maximum absolute atomic E-state index is 12.5. The highest BCUT2D eigenvalue weighted by Crippen LogP contribution is 2.25. The molecule has 0 spiro atoms. The highest BCUT2D eigenvalue weighted by atomic mass is 16.6. The van der Waals surface area contributed by atoms with Crippen LogP contribution in [0.25, 0.3) is 5.69 Å². The van der Waals surface area contributed by atoms with Crippen molar-refractivity contribution in [2.75, 3.05) is 0 Å². The second-order valence-electron chi connectivity index (χ2n) is 4.85. The summed E-state index contributed by atoms with van der Waals surface area (Å²) < 4.78 is 1.07. The molecule has 0 saturated carbocycles. The van der Waals surface area contributed by atoms with Crippen LogP contribution in [-0.2, 0) is 0 Å². The number of H-pyrrole nitrogens is 1. The van der Waals surface area contributed by atoms with Gasteiger partial charge in [-0.3, -0.25) is 9.79 Å². The molecule has 0 unspecified atom stereocenters. The number of nitrogens with zero attached hydrogens (tertiary/aromatic N) is 3. The molecule has 0 fully saturated rings. The number of phenolic OH excluding ortho intramolecular Hbond substituents is 1. The first kappa shape index (κ1) is 15.2. The lowest BCUT2D eigenvalue weighted by atomic mass is 10.3. The van der Waals surface area contributed by atoms with Crippen molar-refractivity contribution in [3.8, 4) is 11.4 Å². The van der Waals surface area contributed by atoms with E-state index < -0.39 is 16.3 Å². The van der Waals surface area contributed by atoms with Crippen molar-refractivity contribution in [3.63, 3.8) is 0 Å². The van der Waals surface area contributed by atoms with Crippen molar-refractivity contribution in [3.05, 3.63) is 80.6 Å². The van der Waals surface area contributed by atoms with E-state index >= 15 is 0 Å². The normalized spacial score (nSPS) is 11.0. The summed E-state index contributed by atoms with van der Waals surface area (Å²) in [5.41, 5.74) is -0.134. The molecule has 0 aliphatic carbocycles. The molecule has 8 heteroatoms. The zero-order chi connectivity index (χ0) is 17.1. The maximum Gasteiger partial charge on any atom is 0.354 e. The largest absolute Gasteiger partial charge is 0.506 e.